The smallest absolute Gasteiger partial charge is 0.407 e. The molecule has 1 atom stereocenters. The van der Waals surface area contributed by atoms with E-state index < -0.39 is 12.2 Å². The van der Waals surface area contributed by atoms with Crippen LogP contribution in [0.3, 0.4) is 0 Å². The highest BCUT2D eigenvalue weighted by atomic mass is 16.5. The van der Waals surface area contributed by atoms with Crippen molar-refractivity contribution in [2.45, 2.75) is 38.6 Å². The van der Waals surface area contributed by atoms with E-state index in [0.29, 0.717) is 48.8 Å². The number of nitrogens with zero attached hydrogens (tertiary/aromatic N) is 3. The Morgan fingerprint density at radius 1 is 1.31 bits per heavy atom. The number of hydrogen-bond donors (Lipinski definition) is 3. The molecule has 1 aromatic heterocycles. The Hall–Kier alpha value is -2.98. The fraction of sp³-hybridized carbons (Fsp3) is 0.474. The topological polar surface area (TPSA) is 138 Å². The SMILES string of the molecule is CC(O)CNC(=O)c1ccc(-c2nc(COC3CCN(C(=O)O)CC3)no2)cc1. The van der Waals surface area contributed by atoms with Crippen LogP contribution in [0.4, 0.5) is 4.79 Å². The maximum absolute atomic E-state index is 12.0. The number of piperidine rings is 1. The molecule has 0 bridgehead atoms. The number of ether oxygens (including phenoxy) is 1. The van der Waals surface area contributed by atoms with E-state index in [1.807, 2.05) is 0 Å². The van der Waals surface area contributed by atoms with Gasteiger partial charge in [0, 0.05) is 30.8 Å². The normalized spacial score (nSPS) is 15.9. The lowest BCUT2D eigenvalue weighted by Gasteiger charge is -2.29. The van der Waals surface area contributed by atoms with Gasteiger partial charge in [0.1, 0.15) is 6.61 Å². The Kier molecular flexibility index (Phi) is 6.78. The molecule has 10 nitrogen and oxygen atoms in total. The molecule has 2 heterocycles. The molecule has 0 spiro atoms. The van der Waals surface area contributed by atoms with Gasteiger partial charge in [-0.15, -0.1) is 0 Å². The van der Waals surface area contributed by atoms with Gasteiger partial charge < -0.3 is 29.7 Å². The van der Waals surface area contributed by atoms with Crippen LogP contribution in [0.25, 0.3) is 11.5 Å². The first-order chi connectivity index (χ1) is 13.9. The lowest BCUT2D eigenvalue weighted by Crippen LogP contribution is -2.40. The van der Waals surface area contributed by atoms with Gasteiger partial charge in [-0.3, -0.25) is 4.79 Å². The van der Waals surface area contributed by atoms with E-state index >= 15 is 0 Å². The molecule has 0 aliphatic carbocycles. The van der Waals surface area contributed by atoms with Crippen molar-refractivity contribution in [2.75, 3.05) is 19.6 Å². The van der Waals surface area contributed by atoms with Crippen LogP contribution < -0.4 is 5.32 Å². The molecular formula is C19H24N4O6. The van der Waals surface area contributed by atoms with Crippen LogP contribution in [0.2, 0.25) is 0 Å². The van der Waals surface area contributed by atoms with Crippen LogP contribution in [-0.4, -0.2) is 69.1 Å². The van der Waals surface area contributed by atoms with Gasteiger partial charge in [-0.2, -0.15) is 4.98 Å². The number of aromatic nitrogens is 2. The number of likely N-dealkylation sites (tertiary alicyclic amines) is 1. The fourth-order valence-electron chi connectivity index (χ4n) is 2.94. The predicted molar refractivity (Wildman–Crippen MR) is 101 cm³/mol. The van der Waals surface area contributed by atoms with Crippen molar-refractivity contribution >= 4 is 12.0 Å². The number of aliphatic hydroxyl groups is 1. The number of aliphatic hydroxyl groups excluding tert-OH is 1. The minimum Gasteiger partial charge on any atom is -0.465 e. The standard InChI is InChI=1S/C19H24N4O6/c1-12(24)10-20-17(25)13-2-4-14(5-3-13)18-21-16(22-29-18)11-28-15-6-8-23(9-7-15)19(26)27/h2-5,12,15,24H,6-11H2,1H3,(H,20,25)(H,26,27). The number of benzene rings is 1. The van der Waals surface area contributed by atoms with Gasteiger partial charge in [-0.1, -0.05) is 5.16 Å². The third-order valence-corrected chi connectivity index (χ3v) is 4.58. The molecule has 2 amide bonds. The first kappa shape index (κ1) is 20.7. The largest absolute Gasteiger partial charge is 0.465 e. The van der Waals surface area contributed by atoms with E-state index in [1.54, 1.807) is 31.2 Å². The van der Waals surface area contributed by atoms with Gasteiger partial charge >= 0.3 is 6.09 Å². The first-order valence-corrected chi connectivity index (χ1v) is 9.41. The second-order valence-corrected chi connectivity index (χ2v) is 6.93. The van der Waals surface area contributed by atoms with Gasteiger partial charge in [0.15, 0.2) is 5.82 Å². The molecule has 10 heteroatoms. The Morgan fingerprint density at radius 3 is 2.62 bits per heavy atom. The molecule has 1 aromatic carbocycles. The van der Waals surface area contributed by atoms with E-state index in [0.717, 1.165) is 0 Å². The van der Waals surface area contributed by atoms with Crippen molar-refractivity contribution in [3.63, 3.8) is 0 Å². The molecule has 156 valence electrons. The molecule has 2 aromatic rings. The first-order valence-electron chi connectivity index (χ1n) is 9.41. The summed E-state index contributed by atoms with van der Waals surface area (Å²) in [6.07, 6.45) is -0.280. The van der Waals surface area contributed by atoms with Crippen LogP contribution in [0, 0.1) is 0 Å². The van der Waals surface area contributed by atoms with E-state index in [1.165, 1.54) is 4.90 Å². The Balaban J connectivity index is 1.51. The summed E-state index contributed by atoms with van der Waals surface area (Å²) in [6, 6.07) is 6.70. The molecular weight excluding hydrogens is 380 g/mol. The van der Waals surface area contributed by atoms with Crippen LogP contribution in [0.15, 0.2) is 28.8 Å². The monoisotopic (exact) mass is 404 g/mol. The number of hydrogen-bond acceptors (Lipinski definition) is 7. The minimum absolute atomic E-state index is 0.0352. The van der Waals surface area contributed by atoms with Gasteiger partial charge in [0.05, 0.1) is 12.2 Å². The molecule has 3 rings (SSSR count). The lowest BCUT2D eigenvalue weighted by molar-refractivity contribution is -0.00295. The number of rotatable bonds is 7. The summed E-state index contributed by atoms with van der Waals surface area (Å²) < 4.78 is 11.0. The van der Waals surface area contributed by atoms with Crippen molar-refractivity contribution in [3.8, 4) is 11.5 Å². The third-order valence-electron chi connectivity index (χ3n) is 4.58. The zero-order chi connectivity index (χ0) is 20.8. The summed E-state index contributed by atoms with van der Waals surface area (Å²) in [4.78, 5) is 28.6. The number of carbonyl (C=O) groups is 2. The maximum Gasteiger partial charge on any atom is 0.407 e. The zero-order valence-electron chi connectivity index (χ0n) is 16.1. The van der Waals surface area contributed by atoms with Gasteiger partial charge in [-0.05, 0) is 44.0 Å². The highest BCUT2D eigenvalue weighted by Crippen LogP contribution is 2.19. The highest BCUT2D eigenvalue weighted by Gasteiger charge is 2.23. The van der Waals surface area contributed by atoms with Crippen molar-refractivity contribution in [1.29, 1.82) is 0 Å². The minimum atomic E-state index is -0.905. The van der Waals surface area contributed by atoms with E-state index in [2.05, 4.69) is 15.5 Å². The molecule has 29 heavy (non-hydrogen) atoms. The summed E-state index contributed by atoms with van der Waals surface area (Å²) >= 11 is 0. The van der Waals surface area contributed by atoms with Gasteiger partial charge in [0.2, 0.25) is 0 Å². The summed E-state index contributed by atoms with van der Waals surface area (Å²) in [5.41, 5.74) is 1.13. The summed E-state index contributed by atoms with van der Waals surface area (Å²) in [5.74, 6) is 0.450. The summed E-state index contributed by atoms with van der Waals surface area (Å²) in [5, 5.41) is 24.7. The molecule has 1 saturated heterocycles. The molecule has 1 unspecified atom stereocenters. The zero-order valence-corrected chi connectivity index (χ0v) is 16.1. The summed E-state index contributed by atoms with van der Waals surface area (Å²) in [7, 11) is 0. The van der Waals surface area contributed by atoms with Crippen molar-refractivity contribution in [3.05, 3.63) is 35.7 Å². The van der Waals surface area contributed by atoms with Crippen LogP contribution in [0.1, 0.15) is 35.9 Å². The van der Waals surface area contributed by atoms with Crippen molar-refractivity contribution in [2.24, 2.45) is 0 Å². The molecule has 0 radical (unpaired) electrons. The highest BCUT2D eigenvalue weighted by molar-refractivity contribution is 5.94. The Morgan fingerprint density at radius 2 is 2.00 bits per heavy atom. The Bertz CT molecular complexity index is 827. The molecule has 1 aliphatic heterocycles. The fourth-order valence-corrected chi connectivity index (χ4v) is 2.94. The molecule has 1 fully saturated rings. The van der Waals surface area contributed by atoms with Crippen LogP contribution in [-0.2, 0) is 11.3 Å². The lowest BCUT2D eigenvalue weighted by atomic mass is 10.1. The average molecular weight is 404 g/mol. The van der Waals surface area contributed by atoms with Crippen LogP contribution in [0.5, 0.6) is 0 Å². The third kappa shape index (κ3) is 5.75. The number of carboxylic acid groups (broad SMARTS) is 1. The second-order valence-electron chi connectivity index (χ2n) is 6.93. The van der Waals surface area contributed by atoms with E-state index in [4.69, 9.17) is 14.4 Å². The predicted octanol–water partition coefficient (Wildman–Crippen LogP) is 1.51. The number of amides is 2. The molecule has 0 saturated carbocycles. The Labute approximate surface area is 167 Å². The average Bonchev–Trinajstić information content (AvgIpc) is 3.20. The maximum atomic E-state index is 12.0. The van der Waals surface area contributed by atoms with Crippen LogP contribution >= 0.6 is 0 Å². The van der Waals surface area contributed by atoms with Crippen molar-refractivity contribution in [1.82, 2.24) is 20.4 Å². The van der Waals surface area contributed by atoms with Crippen molar-refractivity contribution < 1.29 is 29.1 Å². The quantitative estimate of drug-likeness (QED) is 0.631. The summed E-state index contributed by atoms with van der Waals surface area (Å²) in [6.45, 7) is 2.87. The molecule has 1 aliphatic rings. The second kappa shape index (κ2) is 9.48. The van der Waals surface area contributed by atoms with Gasteiger partial charge in [0.25, 0.3) is 11.8 Å². The number of nitrogens with one attached hydrogen (secondary N) is 1. The van der Waals surface area contributed by atoms with Gasteiger partial charge in [-0.25, -0.2) is 4.79 Å². The molecule has 3 N–H and O–H groups in total. The van der Waals surface area contributed by atoms with E-state index in [-0.39, 0.29) is 25.2 Å². The number of carbonyl (C=O) groups excluding carboxylic acids is 1. The van der Waals surface area contributed by atoms with E-state index in [9.17, 15) is 14.7 Å².